The Bertz CT molecular complexity index is 316. The number of rotatable bonds is 7. The molecule has 0 spiro atoms. The van der Waals surface area contributed by atoms with Gasteiger partial charge in [-0.25, -0.2) is 0 Å². The van der Waals surface area contributed by atoms with Gasteiger partial charge in [0.2, 0.25) is 0 Å². The molecule has 0 heterocycles. The minimum absolute atomic E-state index is 0.170. The number of hydrogen-bond donors (Lipinski definition) is 0. The van der Waals surface area contributed by atoms with Gasteiger partial charge in [-0.15, -0.1) is 11.6 Å². The number of alkyl halides is 4. The topological polar surface area (TPSA) is 43.4 Å². The summed E-state index contributed by atoms with van der Waals surface area (Å²) in [5, 5.41) is -0.739. The molecule has 0 N–H and O–H groups in total. The summed E-state index contributed by atoms with van der Waals surface area (Å²) in [6, 6.07) is 0. The van der Waals surface area contributed by atoms with Gasteiger partial charge in [-0.05, 0) is 12.8 Å². The summed E-state index contributed by atoms with van der Waals surface area (Å²) in [4.78, 5) is 0. The van der Waals surface area contributed by atoms with Crippen LogP contribution < -0.4 is 0 Å². The molecule has 0 aromatic carbocycles. The summed E-state index contributed by atoms with van der Waals surface area (Å²) in [5.41, 5.74) is -5.40. The van der Waals surface area contributed by atoms with Crippen LogP contribution in [0.25, 0.3) is 0 Å². The van der Waals surface area contributed by atoms with Crippen molar-refractivity contribution in [3.8, 4) is 0 Å². The monoisotopic (exact) mass is 296 g/mol. The largest absolute Gasteiger partial charge is 0.523 e. The van der Waals surface area contributed by atoms with E-state index in [9.17, 15) is 21.6 Å². The number of hydrogen-bond acceptors (Lipinski definition) is 3. The smallest absolute Gasteiger partial charge is 0.258 e. The highest BCUT2D eigenvalue weighted by molar-refractivity contribution is 7.87. The standard InChI is InChI=1S/C9H16ClF3O3S/c1-3-5-7(10)8(6-4-2)16-17(14,15)9(11,12)13/h7-8H,3-6H2,1-2H3/t7-,8+/m0/s1. The molecule has 2 atom stereocenters. The van der Waals surface area contributed by atoms with Crippen molar-refractivity contribution < 1.29 is 25.8 Å². The zero-order chi connectivity index (χ0) is 13.7. The SMILES string of the molecule is CCC[C@H](Cl)[C@@H](CCC)OS(=O)(=O)C(F)(F)F. The summed E-state index contributed by atoms with van der Waals surface area (Å²) < 4.78 is 62.2. The Labute approximate surface area is 104 Å². The van der Waals surface area contributed by atoms with E-state index >= 15 is 0 Å². The van der Waals surface area contributed by atoms with E-state index in [1.54, 1.807) is 13.8 Å². The van der Waals surface area contributed by atoms with Gasteiger partial charge in [0.1, 0.15) is 0 Å². The van der Waals surface area contributed by atoms with Gasteiger partial charge < -0.3 is 0 Å². The summed E-state index contributed by atoms with van der Waals surface area (Å²) in [7, 11) is -5.57. The van der Waals surface area contributed by atoms with E-state index in [-0.39, 0.29) is 6.42 Å². The third kappa shape index (κ3) is 5.44. The van der Waals surface area contributed by atoms with Crippen molar-refractivity contribution in [1.82, 2.24) is 0 Å². The lowest BCUT2D eigenvalue weighted by Gasteiger charge is -2.22. The quantitative estimate of drug-likeness (QED) is 0.411. The van der Waals surface area contributed by atoms with E-state index in [0.717, 1.165) is 0 Å². The van der Waals surface area contributed by atoms with Gasteiger partial charge in [-0.3, -0.25) is 4.18 Å². The van der Waals surface area contributed by atoms with Gasteiger partial charge in [0.25, 0.3) is 0 Å². The molecule has 0 rings (SSSR count). The van der Waals surface area contributed by atoms with Crippen molar-refractivity contribution in [2.75, 3.05) is 0 Å². The second-order valence-electron chi connectivity index (χ2n) is 3.63. The fraction of sp³-hybridized carbons (Fsp3) is 1.00. The second-order valence-corrected chi connectivity index (χ2v) is 5.75. The molecular weight excluding hydrogens is 281 g/mol. The molecule has 0 aliphatic heterocycles. The van der Waals surface area contributed by atoms with E-state index in [1.165, 1.54) is 0 Å². The summed E-state index contributed by atoms with van der Waals surface area (Å²) in [6.07, 6.45) is 0.575. The maximum atomic E-state index is 12.1. The average molecular weight is 297 g/mol. The minimum Gasteiger partial charge on any atom is -0.258 e. The maximum Gasteiger partial charge on any atom is 0.523 e. The van der Waals surface area contributed by atoms with Crippen LogP contribution in [0.1, 0.15) is 39.5 Å². The fourth-order valence-corrected chi connectivity index (χ4v) is 2.37. The Kier molecular flexibility index (Phi) is 6.79. The molecule has 0 aromatic heterocycles. The second kappa shape index (κ2) is 6.80. The Morgan fingerprint density at radius 1 is 1.18 bits per heavy atom. The predicted octanol–water partition coefficient (Wildman–Crippen LogP) is 3.43. The van der Waals surface area contributed by atoms with Crippen molar-refractivity contribution >= 4 is 21.7 Å². The van der Waals surface area contributed by atoms with Crippen LogP contribution in [0.3, 0.4) is 0 Å². The zero-order valence-electron chi connectivity index (χ0n) is 9.63. The molecule has 0 aliphatic rings. The molecule has 104 valence electrons. The average Bonchev–Trinajstić information content (AvgIpc) is 2.15. The molecule has 0 unspecified atom stereocenters. The van der Waals surface area contributed by atoms with E-state index in [0.29, 0.717) is 19.3 Å². The first-order chi connectivity index (χ1) is 7.65. The van der Waals surface area contributed by atoms with Crippen LogP contribution in [0.15, 0.2) is 0 Å². The fourth-order valence-electron chi connectivity index (χ4n) is 1.25. The first-order valence-corrected chi connectivity index (χ1v) is 7.13. The molecule has 0 bridgehead atoms. The van der Waals surface area contributed by atoms with Crippen molar-refractivity contribution in [2.24, 2.45) is 0 Å². The van der Waals surface area contributed by atoms with E-state index in [2.05, 4.69) is 4.18 Å². The van der Waals surface area contributed by atoms with Crippen molar-refractivity contribution in [1.29, 1.82) is 0 Å². The summed E-state index contributed by atoms with van der Waals surface area (Å²) >= 11 is 5.83. The van der Waals surface area contributed by atoms with E-state index < -0.39 is 27.1 Å². The van der Waals surface area contributed by atoms with E-state index in [1.807, 2.05) is 0 Å². The molecule has 3 nitrogen and oxygen atoms in total. The van der Waals surface area contributed by atoms with Crippen molar-refractivity contribution in [2.45, 2.75) is 56.5 Å². The summed E-state index contributed by atoms with van der Waals surface area (Å²) in [5.74, 6) is 0. The molecule has 17 heavy (non-hydrogen) atoms. The van der Waals surface area contributed by atoms with Gasteiger partial charge in [-0.2, -0.15) is 21.6 Å². The minimum atomic E-state index is -5.57. The highest BCUT2D eigenvalue weighted by atomic mass is 35.5. The van der Waals surface area contributed by atoms with Crippen LogP contribution in [0.2, 0.25) is 0 Å². The molecule has 0 aliphatic carbocycles. The molecule has 0 saturated carbocycles. The first kappa shape index (κ1) is 17.0. The van der Waals surface area contributed by atoms with Gasteiger partial charge in [0.05, 0.1) is 11.5 Å². The van der Waals surface area contributed by atoms with Crippen LogP contribution in [0.4, 0.5) is 13.2 Å². The van der Waals surface area contributed by atoms with Crippen LogP contribution in [0.5, 0.6) is 0 Å². The van der Waals surface area contributed by atoms with Crippen molar-refractivity contribution in [3.05, 3.63) is 0 Å². The van der Waals surface area contributed by atoms with Gasteiger partial charge in [0, 0.05) is 0 Å². The highest BCUT2D eigenvalue weighted by Crippen LogP contribution is 2.29. The molecule has 0 fully saturated rings. The molecule has 0 aromatic rings. The van der Waals surface area contributed by atoms with Crippen LogP contribution in [-0.4, -0.2) is 25.4 Å². The van der Waals surface area contributed by atoms with Crippen molar-refractivity contribution in [3.63, 3.8) is 0 Å². The lowest BCUT2D eigenvalue weighted by Crippen LogP contribution is -2.34. The molecule has 0 amide bonds. The third-order valence-corrected chi connectivity index (χ3v) is 3.64. The zero-order valence-corrected chi connectivity index (χ0v) is 11.2. The third-order valence-electron chi connectivity index (χ3n) is 2.07. The van der Waals surface area contributed by atoms with Crippen LogP contribution in [0, 0.1) is 0 Å². The molecule has 0 saturated heterocycles. The highest BCUT2D eigenvalue weighted by Gasteiger charge is 2.49. The maximum absolute atomic E-state index is 12.1. The Balaban J connectivity index is 4.77. The lowest BCUT2D eigenvalue weighted by molar-refractivity contribution is -0.0578. The number of halogens is 4. The van der Waals surface area contributed by atoms with Gasteiger partial charge in [0.15, 0.2) is 0 Å². The van der Waals surface area contributed by atoms with Gasteiger partial charge >= 0.3 is 15.6 Å². The molecular formula is C9H16ClF3O3S. The van der Waals surface area contributed by atoms with Crippen LogP contribution >= 0.6 is 11.6 Å². The normalized spacial score (nSPS) is 16.8. The van der Waals surface area contributed by atoms with Crippen LogP contribution in [-0.2, 0) is 14.3 Å². The Hall–Kier alpha value is -0.0100. The van der Waals surface area contributed by atoms with E-state index in [4.69, 9.17) is 11.6 Å². The summed E-state index contributed by atoms with van der Waals surface area (Å²) in [6.45, 7) is 3.52. The molecule has 0 radical (unpaired) electrons. The Morgan fingerprint density at radius 3 is 2.00 bits per heavy atom. The predicted molar refractivity (Wildman–Crippen MR) is 59.3 cm³/mol. The van der Waals surface area contributed by atoms with Gasteiger partial charge in [-0.1, -0.05) is 26.7 Å². The molecule has 8 heteroatoms. The lowest BCUT2D eigenvalue weighted by atomic mass is 10.1. The first-order valence-electron chi connectivity index (χ1n) is 5.29. The Morgan fingerprint density at radius 2 is 1.65 bits per heavy atom.